The van der Waals surface area contributed by atoms with Gasteiger partial charge < -0.3 is 14.5 Å². The Labute approximate surface area is 133 Å². The van der Waals surface area contributed by atoms with E-state index in [0.717, 1.165) is 0 Å². The molecule has 1 heterocycles. The van der Waals surface area contributed by atoms with E-state index in [1.807, 2.05) is 6.07 Å². The molecule has 0 saturated heterocycles. The number of rotatable bonds is 4. The molecule has 116 valence electrons. The van der Waals surface area contributed by atoms with Crippen LogP contribution in [-0.2, 0) is 9.53 Å². The Morgan fingerprint density at radius 2 is 1.91 bits per heavy atom. The van der Waals surface area contributed by atoms with Crippen LogP contribution in [0.25, 0.3) is 6.08 Å². The molecule has 6 heteroatoms. The molecule has 1 N–H and O–H groups in total. The first-order valence-electron chi connectivity index (χ1n) is 6.71. The van der Waals surface area contributed by atoms with Crippen LogP contribution in [0, 0.1) is 18.3 Å². The summed E-state index contributed by atoms with van der Waals surface area (Å²) < 4.78 is 9.90. The zero-order valence-corrected chi connectivity index (χ0v) is 12.6. The highest BCUT2D eigenvalue weighted by molar-refractivity contribution is 6.09. The van der Waals surface area contributed by atoms with Crippen molar-refractivity contribution >= 4 is 23.6 Å². The fraction of sp³-hybridized carbons (Fsp3) is 0.118. The smallest absolute Gasteiger partial charge is 0.337 e. The maximum absolute atomic E-state index is 12.1. The monoisotopic (exact) mass is 310 g/mol. The quantitative estimate of drug-likeness (QED) is 0.532. The number of nitriles is 1. The number of esters is 1. The number of furan rings is 1. The standard InChI is InChI=1S/C17H14N2O4/c1-11-3-8-15(23-11)9-13(10-18)16(20)19-14-6-4-12(5-7-14)17(21)22-2/h3-9H,1-2H3,(H,19,20)/b13-9+. The molecule has 0 bridgehead atoms. The second-order valence-corrected chi connectivity index (χ2v) is 4.64. The lowest BCUT2D eigenvalue weighted by Crippen LogP contribution is -2.13. The van der Waals surface area contributed by atoms with Crippen molar-refractivity contribution in [2.24, 2.45) is 0 Å². The second-order valence-electron chi connectivity index (χ2n) is 4.64. The Morgan fingerprint density at radius 1 is 1.22 bits per heavy atom. The number of hydrogen-bond donors (Lipinski definition) is 1. The Morgan fingerprint density at radius 3 is 2.43 bits per heavy atom. The third-order valence-electron chi connectivity index (χ3n) is 2.98. The number of nitrogens with zero attached hydrogens (tertiary/aromatic N) is 1. The number of anilines is 1. The highest BCUT2D eigenvalue weighted by Gasteiger charge is 2.11. The zero-order valence-electron chi connectivity index (χ0n) is 12.6. The molecule has 0 unspecified atom stereocenters. The molecule has 0 aliphatic rings. The summed E-state index contributed by atoms with van der Waals surface area (Å²) in [5, 5.41) is 11.7. The molecular weight excluding hydrogens is 296 g/mol. The van der Waals surface area contributed by atoms with E-state index in [9.17, 15) is 9.59 Å². The van der Waals surface area contributed by atoms with Crippen molar-refractivity contribution in [1.29, 1.82) is 5.26 Å². The van der Waals surface area contributed by atoms with Crippen molar-refractivity contribution in [3.63, 3.8) is 0 Å². The van der Waals surface area contributed by atoms with Crippen LogP contribution in [-0.4, -0.2) is 19.0 Å². The van der Waals surface area contributed by atoms with Crippen LogP contribution in [0.1, 0.15) is 21.9 Å². The predicted molar refractivity (Wildman–Crippen MR) is 83.4 cm³/mol. The summed E-state index contributed by atoms with van der Waals surface area (Å²) in [6, 6.07) is 11.4. The Kier molecular flexibility index (Phi) is 4.95. The summed E-state index contributed by atoms with van der Waals surface area (Å²) in [6.45, 7) is 1.77. The molecule has 2 aromatic rings. The molecule has 1 aromatic carbocycles. The van der Waals surface area contributed by atoms with Gasteiger partial charge in [-0.15, -0.1) is 0 Å². The molecule has 2 rings (SSSR count). The molecule has 0 fully saturated rings. The molecule has 0 radical (unpaired) electrons. The van der Waals surface area contributed by atoms with E-state index in [1.54, 1.807) is 31.2 Å². The summed E-state index contributed by atoms with van der Waals surface area (Å²) in [5.41, 5.74) is 0.739. The lowest BCUT2D eigenvalue weighted by molar-refractivity contribution is -0.112. The van der Waals surface area contributed by atoms with Crippen molar-refractivity contribution in [3.8, 4) is 6.07 Å². The summed E-state index contributed by atoms with van der Waals surface area (Å²) in [4.78, 5) is 23.4. The van der Waals surface area contributed by atoms with E-state index in [-0.39, 0.29) is 5.57 Å². The maximum Gasteiger partial charge on any atom is 0.337 e. The van der Waals surface area contributed by atoms with Gasteiger partial charge in [-0.2, -0.15) is 5.26 Å². The first kappa shape index (κ1) is 16.0. The SMILES string of the molecule is COC(=O)c1ccc(NC(=O)/C(C#N)=C/c2ccc(C)o2)cc1. The molecule has 23 heavy (non-hydrogen) atoms. The highest BCUT2D eigenvalue weighted by Crippen LogP contribution is 2.14. The van der Waals surface area contributed by atoms with Gasteiger partial charge in [0, 0.05) is 11.8 Å². The van der Waals surface area contributed by atoms with Gasteiger partial charge >= 0.3 is 5.97 Å². The fourth-order valence-electron chi connectivity index (χ4n) is 1.83. The van der Waals surface area contributed by atoms with Crippen LogP contribution < -0.4 is 5.32 Å². The minimum absolute atomic E-state index is 0.0867. The minimum Gasteiger partial charge on any atom is -0.465 e. The molecule has 0 spiro atoms. The number of ether oxygens (including phenoxy) is 1. The molecule has 0 saturated carbocycles. The van der Waals surface area contributed by atoms with Gasteiger partial charge in [0.15, 0.2) is 0 Å². The van der Waals surface area contributed by atoms with Gasteiger partial charge in [-0.25, -0.2) is 4.79 Å². The zero-order chi connectivity index (χ0) is 16.8. The van der Waals surface area contributed by atoms with Gasteiger partial charge in [-0.05, 0) is 43.3 Å². The molecule has 6 nitrogen and oxygen atoms in total. The van der Waals surface area contributed by atoms with E-state index in [2.05, 4.69) is 10.1 Å². The van der Waals surface area contributed by atoms with Gasteiger partial charge in [0.05, 0.1) is 12.7 Å². The largest absolute Gasteiger partial charge is 0.465 e. The van der Waals surface area contributed by atoms with E-state index in [1.165, 1.54) is 25.3 Å². The summed E-state index contributed by atoms with van der Waals surface area (Å²) in [7, 11) is 1.29. The van der Waals surface area contributed by atoms with Crippen LogP contribution in [0.15, 0.2) is 46.4 Å². The first-order chi connectivity index (χ1) is 11.0. The topological polar surface area (TPSA) is 92.3 Å². The van der Waals surface area contributed by atoms with Crippen LogP contribution in [0.3, 0.4) is 0 Å². The normalized spacial score (nSPS) is 10.7. The number of hydrogen-bond acceptors (Lipinski definition) is 5. The number of aryl methyl sites for hydroxylation is 1. The van der Waals surface area contributed by atoms with Crippen LogP contribution >= 0.6 is 0 Å². The molecule has 0 aliphatic carbocycles. The van der Waals surface area contributed by atoms with Gasteiger partial charge in [-0.3, -0.25) is 4.79 Å². The lowest BCUT2D eigenvalue weighted by atomic mass is 10.2. The van der Waals surface area contributed by atoms with E-state index < -0.39 is 11.9 Å². The summed E-state index contributed by atoms with van der Waals surface area (Å²) >= 11 is 0. The van der Waals surface area contributed by atoms with E-state index >= 15 is 0 Å². The van der Waals surface area contributed by atoms with E-state index in [0.29, 0.717) is 22.8 Å². The molecule has 0 atom stereocenters. The van der Waals surface area contributed by atoms with Crippen molar-refractivity contribution in [3.05, 3.63) is 59.1 Å². The Hall–Kier alpha value is -3.33. The first-order valence-corrected chi connectivity index (χ1v) is 6.71. The highest BCUT2D eigenvalue weighted by atomic mass is 16.5. The number of nitrogens with one attached hydrogen (secondary N) is 1. The van der Waals surface area contributed by atoms with E-state index in [4.69, 9.17) is 9.68 Å². The van der Waals surface area contributed by atoms with Crippen molar-refractivity contribution in [1.82, 2.24) is 0 Å². The Balaban J connectivity index is 2.12. The molecule has 1 aromatic heterocycles. The van der Waals surface area contributed by atoms with Gasteiger partial charge in [0.1, 0.15) is 23.2 Å². The van der Waals surface area contributed by atoms with Crippen LogP contribution in [0.5, 0.6) is 0 Å². The average molecular weight is 310 g/mol. The summed E-state index contributed by atoms with van der Waals surface area (Å²) in [6.07, 6.45) is 1.37. The van der Waals surface area contributed by atoms with Crippen LogP contribution in [0.4, 0.5) is 5.69 Å². The number of carbonyl (C=O) groups excluding carboxylic acids is 2. The van der Waals surface area contributed by atoms with Crippen LogP contribution in [0.2, 0.25) is 0 Å². The third kappa shape index (κ3) is 4.08. The Bertz CT molecular complexity index is 795. The lowest BCUT2D eigenvalue weighted by Gasteiger charge is -2.05. The summed E-state index contributed by atoms with van der Waals surface area (Å²) in [5.74, 6) is 0.0867. The van der Waals surface area contributed by atoms with Crippen molar-refractivity contribution < 1.29 is 18.7 Å². The number of benzene rings is 1. The number of carbonyl (C=O) groups is 2. The van der Waals surface area contributed by atoms with Crippen molar-refractivity contribution in [2.45, 2.75) is 6.92 Å². The molecule has 1 amide bonds. The minimum atomic E-state index is -0.563. The third-order valence-corrected chi connectivity index (χ3v) is 2.98. The predicted octanol–water partition coefficient (Wildman–Crippen LogP) is 2.92. The average Bonchev–Trinajstić information content (AvgIpc) is 2.97. The maximum atomic E-state index is 12.1. The fourth-order valence-corrected chi connectivity index (χ4v) is 1.83. The number of methoxy groups -OCH3 is 1. The molecular formula is C17H14N2O4. The second kappa shape index (κ2) is 7.09. The number of amides is 1. The van der Waals surface area contributed by atoms with Crippen molar-refractivity contribution in [2.75, 3.05) is 12.4 Å². The van der Waals surface area contributed by atoms with Gasteiger partial charge in [0.2, 0.25) is 0 Å². The van der Waals surface area contributed by atoms with Gasteiger partial charge in [0.25, 0.3) is 5.91 Å². The van der Waals surface area contributed by atoms with Gasteiger partial charge in [-0.1, -0.05) is 0 Å². The molecule has 0 aliphatic heterocycles.